The average molecular weight is 318 g/mol. The summed E-state index contributed by atoms with van der Waals surface area (Å²) in [7, 11) is 0. The molecule has 4 nitrogen and oxygen atoms in total. The van der Waals surface area contributed by atoms with Crippen LogP contribution < -0.4 is 9.47 Å². The van der Waals surface area contributed by atoms with Crippen molar-refractivity contribution in [2.45, 2.75) is 12.5 Å². The fraction of sp³-hybridized carbons (Fsp3) is 0.235. The number of aliphatic hydroxyl groups excluding tert-OH is 1. The van der Waals surface area contributed by atoms with Gasteiger partial charge >= 0.3 is 0 Å². The van der Waals surface area contributed by atoms with Crippen LogP contribution in [-0.2, 0) is 6.42 Å². The van der Waals surface area contributed by atoms with Gasteiger partial charge in [0.2, 0.25) is 0 Å². The zero-order valence-corrected chi connectivity index (χ0v) is 12.7. The molecule has 0 amide bonds. The molecule has 0 bridgehead atoms. The first-order chi connectivity index (χ1) is 10.7. The highest BCUT2D eigenvalue weighted by atomic mass is 35.5. The largest absolute Gasteiger partial charge is 0.491 e. The molecule has 1 N–H and O–H groups in total. The van der Waals surface area contributed by atoms with Crippen molar-refractivity contribution in [1.29, 1.82) is 5.26 Å². The lowest BCUT2D eigenvalue weighted by atomic mass is 10.2. The van der Waals surface area contributed by atoms with Crippen molar-refractivity contribution in [2.24, 2.45) is 0 Å². The molecule has 0 aliphatic carbocycles. The molecule has 0 aliphatic rings. The van der Waals surface area contributed by atoms with Crippen LogP contribution >= 0.6 is 11.6 Å². The summed E-state index contributed by atoms with van der Waals surface area (Å²) in [6.45, 7) is 0.207. The van der Waals surface area contributed by atoms with E-state index in [0.717, 1.165) is 5.56 Å². The lowest BCUT2D eigenvalue weighted by Gasteiger charge is -2.14. The minimum atomic E-state index is -0.768. The summed E-state index contributed by atoms with van der Waals surface area (Å²) in [5.41, 5.74) is 0.928. The van der Waals surface area contributed by atoms with E-state index < -0.39 is 6.10 Å². The molecule has 0 aromatic heterocycles. The van der Waals surface area contributed by atoms with Crippen LogP contribution in [0.5, 0.6) is 11.5 Å². The molecule has 0 saturated carbocycles. The number of rotatable bonds is 7. The van der Waals surface area contributed by atoms with Crippen molar-refractivity contribution in [2.75, 3.05) is 13.2 Å². The first-order valence-corrected chi connectivity index (χ1v) is 7.21. The van der Waals surface area contributed by atoms with E-state index in [1.165, 1.54) is 0 Å². The second-order valence-electron chi connectivity index (χ2n) is 4.69. The van der Waals surface area contributed by atoms with Crippen LogP contribution in [0.1, 0.15) is 5.56 Å². The third kappa shape index (κ3) is 4.96. The Morgan fingerprint density at radius 1 is 1.05 bits per heavy atom. The maximum absolute atomic E-state index is 9.87. The second-order valence-corrected chi connectivity index (χ2v) is 5.09. The highest BCUT2D eigenvalue weighted by Crippen LogP contribution is 2.23. The smallest absolute Gasteiger partial charge is 0.138 e. The second kappa shape index (κ2) is 8.28. The van der Waals surface area contributed by atoms with Gasteiger partial charge in [-0.15, -0.1) is 0 Å². The van der Waals surface area contributed by atoms with E-state index in [1.54, 1.807) is 24.3 Å². The maximum atomic E-state index is 9.87. The molecule has 1 atom stereocenters. The third-order valence-corrected chi connectivity index (χ3v) is 3.23. The van der Waals surface area contributed by atoms with Crippen molar-refractivity contribution in [3.8, 4) is 17.6 Å². The molecule has 0 heterocycles. The van der Waals surface area contributed by atoms with Crippen LogP contribution in [-0.4, -0.2) is 24.4 Å². The molecule has 1 unspecified atom stereocenters. The standard InChI is InChI=1S/C17H16ClNO3/c18-16-3-1-2-4-17(16)22-12-14(20)11-21-15-7-5-13(6-8-15)9-10-19/h1-8,14,20H,9,11-12H2. The molecule has 0 radical (unpaired) electrons. The number of nitrogens with zero attached hydrogens (tertiary/aromatic N) is 1. The quantitative estimate of drug-likeness (QED) is 0.851. The van der Waals surface area contributed by atoms with E-state index in [-0.39, 0.29) is 13.2 Å². The van der Waals surface area contributed by atoms with Crippen molar-refractivity contribution in [1.82, 2.24) is 0 Å². The Labute approximate surface area is 134 Å². The van der Waals surface area contributed by atoms with E-state index in [1.807, 2.05) is 24.3 Å². The van der Waals surface area contributed by atoms with Gasteiger partial charge in [-0.2, -0.15) is 5.26 Å². The van der Waals surface area contributed by atoms with Crippen LogP contribution in [0, 0.1) is 11.3 Å². The van der Waals surface area contributed by atoms with Gasteiger partial charge in [-0.1, -0.05) is 35.9 Å². The van der Waals surface area contributed by atoms with Crippen molar-refractivity contribution < 1.29 is 14.6 Å². The number of aliphatic hydroxyl groups is 1. The predicted molar refractivity (Wildman–Crippen MR) is 84.2 cm³/mol. The number of nitriles is 1. The van der Waals surface area contributed by atoms with E-state index in [4.69, 9.17) is 26.3 Å². The summed E-state index contributed by atoms with van der Waals surface area (Å²) in [4.78, 5) is 0. The molecular weight excluding hydrogens is 302 g/mol. The number of benzene rings is 2. The Bertz CT molecular complexity index is 637. The average Bonchev–Trinajstić information content (AvgIpc) is 2.54. The summed E-state index contributed by atoms with van der Waals surface area (Å²) in [6.07, 6.45) is -0.399. The van der Waals surface area contributed by atoms with Gasteiger partial charge < -0.3 is 14.6 Å². The molecule has 0 fully saturated rings. The van der Waals surface area contributed by atoms with Crippen LogP contribution in [0.4, 0.5) is 0 Å². The lowest BCUT2D eigenvalue weighted by Crippen LogP contribution is -2.25. The van der Waals surface area contributed by atoms with Crippen LogP contribution in [0.15, 0.2) is 48.5 Å². The normalized spacial score (nSPS) is 11.5. The number of para-hydroxylation sites is 1. The highest BCUT2D eigenvalue weighted by Gasteiger charge is 2.08. The molecule has 114 valence electrons. The van der Waals surface area contributed by atoms with E-state index in [9.17, 15) is 5.11 Å². The molecule has 2 rings (SSSR count). The highest BCUT2D eigenvalue weighted by molar-refractivity contribution is 6.32. The number of hydrogen-bond donors (Lipinski definition) is 1. The Kier molecular flexibility index (Phi) is 6.08. The summed E-state index contributed by atoms with van der Waals surface area (Å²) in [5, 5.41) is 19.0. The summed E-state index contributed by atoms with van der Waals surface area (Å²) in [6, 6.07) is 16.4. The van der Waals surface area contributed by atoms with Crippen molar-refractivity contribution >= 4 is 11.6 Å². The van der Waals surface area contributed by atoms with Gasteiger partial charge in [-0.05, 0) is 29.8 Å². The van der Waals surface area contributed by atoms with Gasteiger partial charge in [0.1, 0.15) is 30.8 Å². The predicted octanol–water partition coefficient (Wildman–Crippen LogP) is 3.22. The summed E-state index contributed by atoms with van der Waals surface area (Å²) < 4.78 is 10.9. The molecular formula is C17H16ClNO3. The minimum Gasteiger partial charge on any atom is -0.491 e. The van der Waals surface area contributed by atoms with Gasteiger partial charge in [-0.25, -0.2) is 0 Å². The van der Waals surface area contributed by atoms with E-state index in [0.29, 0.717) is 22.9 Å². The van der Waals surface area contributed by atoms with Crippen LogP contribution in [0.3, 0.4) is 0 Å². The van der Waals surface area contributed by atoms with Gasteiger partial charge in [0.15, 0.2) is 0 Å². The first-order valence-electron chi connectivity index (χ1n) is 6.83. The van der Waals surface area contributed by atoms with Gasteiger partial charge in [0.05, 0.1) is 17.5 Å². The fourth-order valence-electron chi connectivity index (χ4n) is 1.78. The zero-order chi connectivity index (χ0) is 15.8. The van der Waals surface area contributed by atoms with Crippen molar-refractivity contribution in [3.63, 3.8) is 0 Å². The van der Waals surface area contributed by atoms with E-state index in [2.05, 4.69) is 6.07 Å². The molecule has 0 spiro atoms. The van der Waals surface area contributed by atoms with Gasteiger partial charge in [0.25, 0.3) is 0 Å². The lowest BCUT2D eigenvalue weighted by molar-refractivity contribution is 0.0627. The minimum absolute atomic E-state index is 0.0935. The molecule has 2 aromatic rings. The third-order valence-electron chi connectivity index (χ3n) is 2.92. The topological polar surface area (TPSA) is 62.5 Å². The SMILES string of the molecule is N#CCc1ccc(OCC(O)COc2ccccc2Cl)cc1. The molecule has 0 aliphatic heterocycles. The number of hydrogen-bond acceptors (Lipinski definition) is 4. The van der Waals surface area contributed by atoms with Gasteiger partial charge in [-0.3, -0.25) is 0 Å². The zero-order valence-electron chi connectivity index (χ0n) is 11.9. The fourth-order valence-corrected chi connectivity index (χ4v) is 1.97. The monoisotopic (exact) mass is 317 g/mol. The van der Waals surface area contributed by atoms with Crippen molar-refractivity contribution in [3.05, 3.63) is 59.1 Å². The number of halogens is 1. The Morgan fingerprint density at radius 3 is 2.41 bits per heavy atom. The Balaban J connectivity index is 1.77. The summed E-state index contributed by atoms with van der Waals surface area (Å²) in [5.74, 6) is 1.17. The van der Waals surface area contributed by atoms with E-state index >= 15 is 0 Å². The van der Waals surface area contributed by atoms with Gasteiger partial charge in [0, 0.05) is 0 Å². The number of ether oxygens (including phenoxy) is 2. The Hall–Kier alpha value is -2.22. The first kappa shape index (κ1) is 16.2. The molecule has 5 heteroatoms. The van der Waals surface area contributed by atoms with Crippen LogP contribution in [0.25, 0.3) is 0 Å². The molecule has 2 aromatic carbocycles. The van der Waals surface area contributed by atoms with Crippen LogP contribution in [0.2, 0.25) is 5.02 Å². The molecule has 22 heavy (non-hydrogen) atoms. The molecule has 0 saturated heterocycles. The summed E-state index contributed by atoms with van der Waals surface area (Å²) >= 11 is 5.96. The Morgan fingerprint density at radius 2 is 1.73 bits per heavy atom. The maximum Gasteiger partial charge on any atom is 0.138 e.